The zero-order valence-electron chi connectivity index (χ0n) is 51.5. The second-order valence-corrected chi connectivity index (χ2v) is 22.7. The number of carbonyl (C=O) groups excluding carboxylic acids is 3. The highest BCUT2D eigenvalue weighted by molar-refractivity contribution is 5.71. The minimum Gasteiger partial charge on any atom is -0.462 e. The van der Waals surface area contributed by atoms with Crippen molar-refractivity contribution in [2.75, 3.05) is 13.2 Å². The van der Waals surface area contributed by atoms with Gasteiger partial charge in [0.25, 0.3) is 0 Å². The molecular weight excluding hydrogens is 949 g/mol. The summed E-state index contributed by atoms with van der Waals surface area (Å²) in [6.45, 7) is 6.49. The summed E-state index contributed by atoms with van der Waals surface area (Å²) in [7, 11) is 0. The average molecular weight is 1080 g/mol. The molecule has 0 fully saturated rings. The van der Waals surface area contributed by atoms with Crippen molar-refractivity contribution >= 4 is 17.9 Å². The Labute approximate surface area is 479 Å². The van der Waals surface area contributed by atoms with Gasteiger partial charge in [0.15, 0.2) is 6.10 Å². The van der Waals surface area contributed by atoms with Crippen LogP contribution in [0.15, 0.2) is 60.8 Å². The van der Waals surface area contributed by atoms with Gasteiger partial charge in [-0.05, 0) is 83.5 Å². The lowest BCUT2D eigenvalue weighted by atomic mass is 10.0. The monoisotopic (exact) mass is 1080 g/mol. The fourth-order valence-corrected chi connectivity index (χ4v) is 9.96. The minimum absolute atomic E-state index is 0.0709. The number of ether oxygens (including phenoxy) is 3. The molecule has 6 heteroatoms. The predicted molar refractivity (Wildman–Crippen MR) is 335 cm³/mol. The Morgan fingerprint density at radius 1 is 0.273 bits per heavy atom. The molecule has 0 aliphatic rings. The number of hydrogen-bond acceptors (Lipinski definition) is 6. The zero-order valence-corrected chi connectivity index (χ0v) is 51.5. The van der Waals surface area contributed by atoms with E-state index in [9.17, 15) is 14.4 Å². The lowest BCUT2D eigenvalue weighted by Gasteiger charge is -2.18. The number of unbranched alkanes of at least 4 members (excludes halogenated alkanes) is 41. The topological polar surface area (TPSA) is 78.9 Å². The van der Waals surface area contributed by atoms with Gasteiger partial charge in [-0.25, -0.2) is 0 Å². The number of allylic oxidation sites excluding steroid dienone is 10. The maximum absolute atomic E-state index is 12.8. The molecule has 0 aromatic rings. The molecule has 0 heterocycles. The molecule has 0 radical (unpaired) electrons. The van der Waals surface area contributed by atoms with Gasteiger partial charge in [0.05, 0.1) is 0 Å². The molecule has 0 N–H and O–H groups in total. The Morgan fingerprint density at radius 2 is 0.506 bits per heavy atom. The molecule has 1 unspecified atom stereocenters. The summed E-state index contributed by atoms with van der Waals surface area (Å²) in [6, 6.07) is 0. The predicted octanol–water partition coefficient (Wildman–Crippen LogP) is 23.1. The summed E-state index contributed by atoms with van der Waals surface area (Å²) >= 11 is 0. The Hall–Kier alpha value is -2.89. The van der Waals surface area contributed by atoms with Gasteiger partial charge in [0, 0.05) is 19.3 Å². The molecule has 0 bridgehead atoms. The molecule has 0 aliphatic carbocycles. The van der Waals surface area contributed by atoms with Crippen LogP contribution in [-0.4, -0.2) is 37.2 Å². The van der Waals surface area contributed by atoms with E-state index in [4.69, 9.17) is 14.2 Å². The van der Waals surface area contributed by atoms with Crippen LogP contribution in [-0.2, 0) is 28.6 Å². The maximum Gasteiger partial charge on any atom is 0.306 e. The van der Waals surface area contributed by atoms with Crippen LogP contribution in [0.3, 0.4) is 0 Å². The highest BCUT2D eigenvalue weighted by Crippen LogP contribution is 2.18. The Balaban J connectivity index is 3.97. The molecule has 0 amide bonds. The second-order valence-electron chi connectivity index (χ2n) is 22.7. The fraction of sp³-hybridized carbons (Fsp3) is 0.817. The van der Waals surface area contributed by atoms with Crippen LogP contribution in [0.5, 0.6) is 0 Å². The molecule has 1 atom stereocenters. The van der Waals surface area contributed by atoms with Crippen molar-refractivity contribution in [1.29, 1.82) is 0 Å². The van der Waals surface area contributed by atoms with Crippen molar-refractivity contribution in [3.63, 3.8) is 0 Å². The SMILES string of the molecule is CC/C=C\C/C=C\C/C=C\C/C=C\CCCCCCCCCCCCCCCCC(=O)OCC(COC(=O)CCCCCCC)OC(=O)CCCCCCCCCCCCCCCCC/C=C\CCCCCCCCCC. The van der Waals surface area contributed by atoms with E-state index >= 15 is 0 Å². The third-order valence-electron chi connectivity index (χ3n) is 15.0. The fourth-order valence-electron chi connectivity index (χ4n) is 9.96. The number of carbonyl (C=O) groups is 3. The molecule has 448 valence electrons. The van der Waals surface area contributed by atoms with Gasteiger partial charge in [-0.2, -0.15) is 0 Å². The first-order valence-electron chi connectivity index (χ1n) is 33.8. The largest absolute Gasteiger partial charge is 0.462 e. The molecule has 0 saturated carbocycles. The molecule has 0 saturated heterocycles. The van der Waals surface area contributed by atoms with Crippen LogP contribution >= 0.6 is 0 Å². The Morgan fingerprint density at radius 3 is 0.805 bits per heavy atom. The molecule has 0 aliphatic heterocycles. The van der Waals surface area contributed by atoms with Gasteiger partial charge < -0.3 is 14.2 Å². The molecular formula is C71H128O6. The summed E-state index contributed by atoms with van der Waals surface area (Å²) < 4.78 is 16.8. The normalized spacial score (nSPS) is 12.4. The van der Waals surface area contributed by atoms with Crippen LogP contribution in [0.2, 0.25) is 0 Å². The van der Waals surface area contributed by atoms with Gasteiger partial charge in [-0.15, -0.1) is 0 Å². The number of hydrogen-bond donors (Lipinski definition) is 0. The van der Waals surface area contributed by atoms with Gasteiger partial charge in [0.2, 0.25) is 0 Å². The van der Waals surface area contributed by atoms with E-state index in [-0.39, 0.29) is 31.1 Å². The lowest BCUT2D eigenvalue weighted by molar-refractivity contribution is -0.167. The average Bonchev–Trinajstić information content (AvgIpc) is 3.43. The Kier molecular flexibility index (Phi) is 63.2. The van der Waals surface area contributed by atoms with E-state index in [1.54, 1.807) is 0 Å². The van der Waals surface area contributed by atoms with E-state index in [1.807, 2.05) is 0 Å². The van der Waals surface area contributed by atoms with Crippen LogP contribution in [0.4, 0.5) is 0 Å². The van der Waals surface area contributed by atoms with E-state index in [0.717, 1.165) is 89.9 Å². The van der Waals surface area contributed by atoms with Crippen molar-refractivity contribution in [1.82, 2.24) is 0 Å². The quantitative estimate of drug-likeness (QED) is 0.0261. The summed E-state index contributed by atoms with van der Waals surface area (Å²) in [5, 5.41) is 0. The van der Waals surface area contributed by atoms with E-state index < -0.39 is 6.10 Å². The molecule has 0 rings (SSSR count). The van der Waals surface area contributed by atoms with Crippen LogP contribution < -0.4 is 0 Å². The van der Waals surface area contributed by atoms with Crippen LogP contribution in [0.25, 0.3) is 0 Å². The second kappa shape index (κ2) is 65.6. The first-order valence-corrected chi connectivity index (χ1v) is 33.8. The smallest absolute Gasteiger partial charge is 0.306 e. The van der Waals surface area contributed by atoms with E-state index in [0.29, 0.717) is 19.3 Å². The molecule has 77 heavy (non-hydrogen) atoms. The highest BCUT2D eigenvalue weighted by atomic mass is 16.6. The van der Waals surface area contributed by atoms with Crippen molar-refractivity contribution in [2.45, 2.75) is 361 Å². The molecule has 0 aromatic heterocycles. The highest BCUT2D eigenvalue weighted by Gasteiger charge is 2.19. The van der Waals surface area contributed by atoms with Gasteiger partial charge in [-0.1, -0.05) is 313 Å². The van der Waals surface area contributed by atoms with Gasteiger partial charge in [-0.3, -0.25) is 14.4 Å². The lowest BCUT2D eigenvalue weighted by Crippen LogP contribution is -2.30. The van der Waals surface area contributed by atoms with Crippen LogP contribution in [0, 0.1) is 0 Å². The summed E-state index contributed by atoms with van der Waals surface area (Å²) in [6.07, 6.45) is 84.4. The third-order valence-corrected chi connectivity index (χ3v) is 15.0. The summed E-state index contributed by atoms with van der Waals surface area (Å²) in [4.78, 5) is 38.0. The van der Waals surface area contributed by atoms with E-state index in [2.05, 4.69) is 81.5 Å². The standard InChI is InChI=1S/C71H128O6/c1-4-7-10-13-15-17-19-21-23-25-27-29-31-33-35-37-39-41-43-45-47-49-51-53-55-58-61-64-70(73)76-67-68(66-75-69(72)63-60-57-12-9-6-3)77-71(74)65-62-59-56-54-52-50-48-46-44-42-40-38-36-34-32-30-28-26-24-22-20-18-16-14-11-8-5-2/h7,10,15,17,21,23,26-29,68H,4-6,8-9,11-14,16,18-20,22,24-25,30-67H2,1-3H3/b10-7-,17-15-,23-21-,28-26-,29-27-. The molecule has 0 aromatic carbocycles. The Bertz CT molecular complexity index is 1380. The molecule has 6 nitrogen and oxygen atoms in total. The zero-order chi connectivity index (χ0) is 55.7. The van der Waals surface area contributed by atoms with Crippen molar-refractivity contribution in [2.24, 2.45) is 0 Å². The van der Waals surface area contributed by atoms with Gasteiger partial charge in [0.1, 0.15) is 13.2 Å². The van der Waals surface area contributed by atoms with E-state index in [1.165, 1.54) is 225 Å². The van der Waals surface area contributed by atoms with Crippen molar-refractivity contribution < 1.29 is 28.6 Å². The van der Waals surface area contributed by atoms with Crippen molar-refractivity contribution in [3.05, 3.63) is 60.8 Å². The first-order chi connectivity index (χ1) is 38.0. The maximum atomic E-state index is 12.8. The van der Waals surface area contributed by atoms with Crippen LogP contribution in [0.1, 0.15) is 355 Å². The van der Waals surface area contributed by atoms with Gasteiger partial charge >= 0.3 is 17.9 Å². The summed E-state index contributed by atoms with van der Waals surface area (Å²) in [5.74, 6) is -0.866. The molecule has 0 spiro atoms. The summed E-state index contributed by atoms with van der Waals surface area (Å²) in [5.41, 5.74) is 0. The number of esters is 3. The third kappa shape index (κ3) is 63.8. The minimum atomic E-state index is -0.769. The van der Waals surface area contributed by atoms with Crippen molar-refractivity contribution in [3.8, 4) is 0 Å². The first kappa shape index (κ1) is 74.1. The number of rotatable bonds is 62.